The maximum Gasteiger partial charge on any atom is 0.389 e. The summed E-state index contributed by atoms with van der Waals surface area (Å²) in [6, 6.07) is 1.94. The van der Waals surface area contributed by atoms with E-state index in [1.54, 1.807) is 0 Å². The Hall–Kier alpha value is -1.04. The molecule has 0 aliphatic carbocycles. The molecular weight excluding hydrogens is 267 g/mol. The number of halogens is 3. The van der Waals surface area contributed by atoms with Crippen molar-refractivity contribution >= 4 is 0 Å². The van der Waals surface area contributed by atoms with Crippen molar-refractivity contribution in [2.75, 3.05) is 6.54 Å². The van der Waals surface area contributed by atoms with Crippen molar-refractivity contribution in [3.05, 3.63) is 17.5 Å². The molecule has 0 fully saturated rings. The molecule has 1 heterocycles. The molecule has 116 valence electrons. The molecule has 0 radical (unpaired) electrons. The van der Waals surface area contributed by atoms with E-state index in [0.717, 1.165) is 30.9 Å². The van der Waals surface area contributed by atoms with E-state index in [9.17, 15) is 13.2 Å². The van der Waals surface area contributed by atoms with Gasteiger partial charge in [-0.1, -0.05) is 13.8 Å². The van der Waals surface area contributed by atoms with Crippen LogP contribution in [0.25, 0.3) is 0 Å². The van der Waals surface area contributed by atoms with Crippen LogP contribution in [0.2, 0.25) is 0 Å². The molecule has 1 atom stereocenters. The molecule has 1 aromatic rings. The third-order valence-electron chi connectivity index (χ3n) is 3.28. The highest BCUT2D eigenvalue weighted by atomic mass is 19.4. The minimum atomic E-state index is -4.07. The predicted octanol–water partition coefficient (Wildman–Crippen LogP) is 3.85. The first-order valence-electron chi connectivity index (χ1n) is 7.28. The summed E-state index contributed by atoms with van der Waals surface area (Å²) in [5.74, 6) is 0. The quantitative estimate of drug-likeness (QED) is 0.788. The predicted molar refractivity (Wildman–Crippen MR) is 73.6 cm³/mol. The Labute approximate surface area is 118 Å². The smallest absolute Gasteiger partial charge is 0.309 e. The van der Waals surface area contributed by atoms with Gasteiger partial charge < -0.3 is 5.32 Å². The molecule has 1 rings (SSSR count). The second-order valence-electron chi connectivity index (χ2n) is 4.85. The Kier molecular flexibility index (Phi) is 6.52. The van der Waals surface area contributed by atoms with Crippen LogP contribution in [0.1, 0.15) is 57.5 Å². The Morgan fingerprint density at radius 1 is 1.30 bits per heavy atom. The maximum absolute atomic E-state index is 12.3. The van der Waals surface area contributed by atoms with E-state index < -0.39 is 12.6 Å². The summed E-state index contributed by atoms with van der Waals surface area (Å²) in [7, 11) is 0. The van der Waals surface area contributed by atoms with Crippen LogP contribution in [0.5, 0.6) is 0 Å². The topological polar surface area (TPSA) is 29.9 Å². The van der Waals surface area contributed by atoms with Gasteiger partial charge in [0.15, 0.2) is 0 Å². The number of alkyl halides is 3. The van der Waals surface area contributed by atoms with Crippen molar-refractivity contribution in [3.8, 4) is 0 Å². The zero-order chi connectivity index (χ0) is 15.2. The van der Waals surface area contributed by atoms with Crippen molar-refractivity contribution < 1.29 is 13.2 Å². The molecule has 0 saturated carbocycles. The van der Waals surface area contributed by atoms with Gasteiger partial charge >= 0.3 is 6.18 Å². The largest absolute Gasteiger partial charge is 0.389 e. The first-order valence-corrected chi connectivity index (χ1v) is 7.28. The summed E-state index contributed by atoms with van der Waals surface area (Å²) < 4.78 is 38.7. The van der Waals surface area contributed by atoms with Gasteiger partial charge in [0.1, 0.15) is 0 Å². The monoisotopic (exact) mass is 291 g/mol. The van der Waals surface area contributed by atoms with Crippen LogP contribution in [-0.2, 0) is 13.0 Å². The number of nitrogens with one attached hydrogen (secondary N) is 1. The molecule has 0 amide bonds. The summed E-state index contributed by atoms with van der Waals surface area (Å²) in [6.45, 7) is 7.44. The lowest BCUT2D eigenvalue weighted by atomic mass is 10.1. The molecule has 1 aromatic heterocycles. The highest BCUT2D eigenvalue weighted by Crippen LogP contribution is 2.26. The zero-order valence-electron chi connectivity index (χ0n) is 12.4. The molecule has 0 aliphatic rings. The lowest BCUT2D eigenvalue weighted by Gasteiger charge is -2.19. The normalized spacial score (nSPS) is 13.7. The molecule has 0 bridgehead atoms. The molecule has 0 saturated heterocycles. The van der Waals surface area contributed by atoms with Gasteiger partial charge in [0.2, 0.25) is 0 Å². The minimum absolute atomic E-state index is 0.0601. The average Bonchev–Trinajstić information content (AvgIpc) is 2.79. The van der Waals surface area contributed by atoms with Crippen LogP contribution in [0.4, 0.5) is 13.2 Å². The number of aromatic nitrogens is 2. The number of aryl methyl sites for hydroxylation is 2. The highest BCUT2D eigenvalue weighted by molar-refractivity contribution is 5.14. The van der Waals surface area contributed by atoms with E-state index in [2.05, 4.69) is 10.4 Å². The third kappa shape index (κ3) is 5.15. The molecule has 0 aliphatic heterocycles. The highest BCUT2D eigenvalue weighted by Gasteiger charge is 2.27. The van der Waals surface area contributed by atoms with Crippen molar-refractivity contribution in [1.82, 2.24) is 15.1 Å². The third-order valence-corrected chi connectivity index (χ3v) is 3.28. The van der Waals surface area contributed by atoms with E-state index in [1.807, 2.05) is 31.5 Å². The number of hydrogen-bond donors (Lipinski definition) is 1. The van der Waals surface area contributed by atoms with Crippen LogP contribution in [0, 0.1) is 0 Å². The lowest BCUT2D eigenvalue weighted by molar-refractivity contribution is -0.135. The Balaban J connectivity index is 2.76. The van der Waals surface area contributed by atoms with Gasteiger partial charge in [-0.3, -0.25) is 4.68 Å². The van der Waals surface area contributed by atoms with E-state index in [4.69, 9.17) is 0 Å². The van der Waals surface area contributed by atoms with Crippen LogP contribution in [0.15, 0.2) is 6.07 Å². The minimum Gasteiger partial charge on any atom is -0.309 e. The van der Waals surface area contributed by atoms with Crippen molar-refractivity contribution in [2.45, 2.75) is 65.2 Å². The number of hydrogen-bond acceptors (Lipinski definition) is 2. The molecule has 0 aromatic carbocycles. The Morgan fingerprint density at radius 3 is 2.50 bits per heavy atom. The van der Waals surface area contributed by atoms with Crippen molar-refractivity contribution in [2.24, 2.45) is 0 Å². The van der Waals surface area contributed by atoms with Crippen LogP contribution in [-0.4, -0.2) is 22.5 Å². The molecule has 3 nitrogen and oxygen atoms in total. The van der Waals surface area contributed by atoms with Crippen LogP contribution in [0.3, 0.4) is 0 Å². The van der Waals surface area contributed by atoms with E-state index in [1.165, 1.54) is 0 Å². The summed E-state index contributed by atoms with van der Waals surface area (Å²) >= 11 is 0. The fourth-order valence-electron chi connectivity index (χ4n) is 2.30. The van der Waals surface area contributed by atoms with E-state index in [0.29, 0.717) is 6.42 Å². The first kappa shape index (κ1) is 17.0. The van der Waals surface area contributed by atoms with Gasteiger partial charge in [-0.2, -0.15) is 18.3 Å². The zero-order valence-corrected chi connectivity index (χ0v) is 12.4. The first-order chi connectivity index (χ1) is 9.41. The van der Waals surface area contributed by atoms with Gasteiger partial charge in [-0.05, 0) is 38.8 Å². The summed E-state index contributed by atoms with van der Waals surface area (Å²) in [5, 5.41) is 7.73. The second kappa shape index (κ2) is 7.67. The summed E-state index contributed by atoms with van der Waals surface area (Å²) in [5.41, 5.74) is 1.98. The van der Waals surface area contributed by atoms with Gasteiger partial charge in [0.05, 0.1) is 11.4 Å². The van der Waals surface area contributed by atoms with Gasteiger partial charge in [0, 0.05) is 19.0 Å². The lowest BCUT2D eigenvalue weighted by Crippen LogP contribution is -2.24. The van der Waals surface area contributed by atoms with Crippen molar-refractivity contribution in [1.29, 1.82) is 0 Å². The van der Waals surface area contributed by atoms with Crippen molar-refractivity contribution in [3.63, 3.8) is 0 Å². The van der Waals surface area contributed by atoms with Gasteiger partial charge in [-0.15, -0.1) is 0 Å². The van der Waals surface area contributed by atoms with Crippen LogP contribution >= 0.6 is 0 Å². The fourth-order valence-corrected chi connectivity index (χ4v) is 2.30. The standard InChI is InChI=1S/C14H24F3N3/c1-4-11-10-13(20(6-3)19-11)12(18-5-2)8-7-9-14(15,16)17/h10,12,18H,4-9H2,1-3H3. The SMILES string of the molecule is CCNC(CCCC(F)(F)F)c1cc(CC)nn1CC. The molecular formula is C14H24F3N3. The molecule has 6 heteroatoms. The van der Waals surface area contributed by atoms with E-state index >= 15 is 0 Å². The number of rotatable bonds is 8. The second-order valence-corrected chi connectivity index (χ2v) is 4.85. The van der Waals surface area contributed by atoms with E-state index in [-0.39, 0.29) is 12.5 Å². The van der Waals surface area contributed by atoms with Gasteiger partial charge in [0.25, 0.3) is 0 Å². The summed E-state index contributed by atoms with van der Waals surface area (Å²) in [4.78, 5) is 0. The number of nitrogens with zero attached hydrogens (tertiary/aromatic N) is 2. The molecule has 20 heavy (non-hydrogen) atoms. The Bertz CT molecular complexity index is 399. The van der Waals surface area contributed by atoms with Gasteiger partial charge in [-0.25, -0.2) is 0 Å². The van der Waals surface area contributed by atoms with Crippen LogP contribution < -0.4 is 5.32 Å². The molecule has 0 spiro atoms. The average molecular weight is 291 g/mol. The fraction of sp³-hybridized carbons (Fsp3) is 0.786. The maximum atomic E-state index is 12.3. The summed E-state index contributed by atoms with van der Waals surface area (Å²) in [6.07, 6.45) is -3.35. The Morgan fingerprint density at radius 2 is 2.00 bits per heavy atom. The molecule has 1 unspecified atom stereocenters. The molecule has 1 N–H and O–H groups in total.